The highest BCUT2D eigenvalue weighted by Gasteiger charge is 2.27. The molecular formula is C26H38N4O. The van der Waals surface area contributed by atoms with Crippen molar-refractivity contribution < 1.29 is 4.79 Å². The van der Waals surface area contributed by atoms with E-state index in [9.17, 15) is 4.79 Å². The molecular weight excluding hydrogens is 384 g/mol. The number of hydrogen-bond donors (Lipinski definition) is 0. The van der Waals surface area contributed by atoms with Gasteiger partial charge in [0.05, 0.1) is 12.2 Å². The maximum atomic E-state index is 12.9. The van der Waals surface area contributed by atoms with Gasteiger partial charge in [-0.1, -0.05) is 69.4 Å². The fourth-order valence-electron chi connectivity index (χ4n) is 4.08. The van der Waals surface area contributed by atoms with Gasteiger partial charge in [-0.15, -0.1) is 0 Å². The number of rotatable bonds is 10. The first kappa shape index (κ1) is 23.2. The van der Waals surface area contributed by atoms with Crippen LogP contribution in [-0.2, 0) is 17.8 Å². The Kier molecular flexibility index (Phi) is 8.44. The number of hydrogen-bond acceptors (Lipinski definition) is 4. The second kappa shape index (κ2) is 11.3. The van der Waals surface area contributed by atoms with Crippen molar-refractivity contribution in [3.05, 3.63) is 41.6 Å². The summed E-state index contributed by atoms with van der Waals surface area (Å²) in [5.74, 6) is 2.00. The van der Waals surface area contributed by atoms with E-state index in [4.69, 9.17) is 9.97 Å². The molecule has 5 heteroatoms. The molecule has 3 rings (SSSR count). The number of unbranched alkanes of at least 4 members (excludes halogenated alkanes) is 5. The molecule has 0 atom stereocenters. The summed E-state index contributed by atoms with van der Waals surface area (Å²) < 4.78 is 0. The Labute approximate surface area is 187 Å². The number of carbonyl (C=O) groups is 1. The van der Waals surface area contributed by atoms with E-state index in [1.165, 1.54) is 25.7 Å². The van der Waals surface area contributed by atoms with Crippen molar-refractivity contribution in [1.82, 2.24) is 14.9 Å². The Morgan fingerprint density at radius 3 is 2.48 bits per heavy atom. The summed E-state index contributed by atoms with van der Waals surface area (Å²) >= 11 is 0. The number of aromatic nitrogens is 2. The van der Waals surface area contributed by atoms with Crippen LogP contribution < -0.4 is 4.90 Å². The molecule has 31 heavy (non-hydrogen) atoms. The third kappa shape index (κ3) is 6.05. The van der Waals surface area contributed by atoms with Gasteiger partial charge < -0.3 is 9.80 Å². The standard InChI is InChI=1S/C26H38N4O/c1-5-6-7-8-9-13-16-24(31)30-18-17-23-22(19-30)26(29(4)20(2)3)28-25(27-23)21-14-11-10-12-15-21/h10-12,14-15,20H,5-9,13,16-19H2,1-4H3. The van der Waals surface area contributed by atoms with Crippen molar-refractivity contribution in [1.29, 1.82) is 0 Å². The highest BCUT2D eigenvalue weighted by atomic mass is 16.2. The molecule has 0 aliphatic carbocycles. The van der Waals surface area contributed by atoms with Crippen LogP contribution in [0.2, 0.25) is 0 Å². The molecule has 0 unspecified atom stereocenters. The summed E-state index contributed by atoms with van der Waals surface area (Å²) in [5.41, 5.74) is 3.23. The molecule has 0 radical (unpaired) electrons. The molecule has 0 fully saturated rings. The van der Waals surface area contributed by atoms with Crippen LogP contribution in [0.1, 0.15) is 77.0 Å². The van der Waals surface area contributed by atoms with Crippen molar-refractivity contribution in [3.63, 3.8) is 0 Å². The zero-order chi connectivity index (χ0) is 22.2. The maximum Gasteiger partial charge on any atom is 0.222 e. The molecule has 0 saturated carbocycles. The first-order valence-electron chi connectivity index (χ1n) is 12.0. The third-order valence-corrected chi connectivity index (χ3v) is 6.28. The predicted octanol–water partition coefficient (Wildman–Crippen LogP) is 5.62. The third-order valence-electron chi connectivity index (χ3n) is 6.28. The van der Waals surface area contributed by atoms with Crippen LogP contribution in [0.4, 0.5) is 5.82 Å². The topological polar surface area (TPSA) is 49.3 Å². The molecule has 1 aromatic carbocycles. The monoisotopic (exact) mass is 422 g/mol. The first-order valence-corrected chi connectivity index (χ1v) is 12.0. The van der Waals surface area contributed by atoms with Gasteiger partial charge >= 0.3 is 0 Å². The van der Waals surface area contributed by atoms with Gasteiger partial charge in [0, 0.05) is 43.6 Å². The van der Waals surface area contributed by atoms with E-state index in [0.717, 1.165) is 54.3 Å². The van der Waals surface area contributed by atoms with Crippen LogP contribution in [0.3, 0.4) is 0 Å². The fourth-order valence-corrected chi connectivity index (χ4v) is 4.08. The van der Waals surface area contributed by atoms with Crippen LogP contribution in [0.15, 0.2) is 30.3 Å². The van der Waals surface area contributed by atoms with E-state index in [1.807, 2.05) is 23.1 Å². The number of carbonyl (C=O) groups excluding carboxylic acids is 1. The van der Waals surface area contributed by atoms with Gasteiger partial charge in [0.1, 0.15) is 5.82 Å². The molecule has 1 aromatic heterocycles. The highest BCUT2D eigenvalue weighted by molar-refractivity contribution is 5.77. The van der Waals surface area contributed by atoms with Crippen molar-refractivity contribution in [2.45, 2.75) is 84.7 Å². The van der Waals surface area contributed by atoms with Crippen molar-refractivity contribution in [3.8, 4) is 11.4 Å². The van der Waals surface area contributed by atoms with Gasteiger partial charge in [-0.3, -0.25) is 4.79 Å². The summed E-state index contributed by atoms with van der Waals surface area (Å²) in [6.45, 7) is 7.93. The Morgan fingerprint density at radius 2 is 1.77 bits per heavy atom. The first-order chi connectivity index (χ1) is 15.0. The second-order valence-corrected chi connectivity index (χ2v) is 8.95. The molecule has 0 saturated heterocycles. The summed E-state index contributed by atoms with van der Waals surface area (Å²) in [6, 6.07) is 10.5. The lowest BCUT2D eigenvalue weighted by atomic mass is 10.0. The van der Waals surface area contributed by atoms with Crippen LogP contribution in [-0.4, -0.2) is 40.4 Å². The lowest BCUT2D eigenvalue weighted by Gasteiger charge is -2.33. The molecule has 2 heterocycles. The maximum absolute atomic E-state index is 12.9. The molecule has 0 N–H and O–H groups in total. The molecule has 1 amide bonds. The Hall–Kier alpha value is -2.43. The normalized spacial score (nSPS) is 13.4. The van der Waals surface area contributed by atoms with Gasteiger partial charge in [-0.2, -0.15) is 0 Å². The van der Waals surface area contributed by atoms with Crippen LogP contribution >= 0.6 is 0 Å². The quantitative estimate of drug-likeness (QED) is 0.466. The van der Waals surface area contributed by atoms with Gasteiger partial charge in [0.2, 0.25) is 5.91 Å². The van der Waals surface area contributed by atoms with Crippen molar-refractivity contribution in [2.75, 3.05) is 18.5 Å². The minimum atomic E-state index is 0.270. The number of fused-ring (bicyclic) bond motifs is 1. The largest absolute Gasteiger partial charge is 0.357 e. The molecule has 2 aromatic rings. The number of benzene rings is 1. The van der Waals surface area contributed by atoms with Crippen LogP contribution in [0.25, 0.3) is 11.4 Å². The Balaban J connectivity index is 1.75. The zero-order valence-corrected chi connectivity index (χ0v) is 19.7. The second-order valence-electron chi connectivity index (χ2n) is 8.95. The molecule has 5 nitrogen and oxygen atoms in total. The fraction of sp³-hybridized carbons (Fsp3) is 0.577. The van der Waals surface area contributed by atoms with Crippen LogP contribution in [0, 0.1) is 0 Å². The average Bonchev–Trinajstić information content (AvgIpc) is 2.80. The highest BCUT2D eigenvalue weighted by Crippen LogP contribution is 2.30. The van der Waals surface area contributed by atoms with E-state index in [0.29, 0.717) is 19.0 Å². The summed E-state index contributed by atoms with van der Waals surface area (Å²) in [4.78, 5) is 26.9. The Morgan fingerprint density at radius 1 is 1.06 bits per heavy atom. The van der Waals surface area contributed by atoms with Crippen LogP contribution in [0.5, 0.6) is 0 Å². The summed E-state index contributed by atoms with van der Waals surface area (Å²) in [6.07, 6.45) is 8.67. The SMILES string of the molecule is CCCCCCCCC(=O)N1CCc2nc(-c3ccccc3)nc(N(C)C(C)C)c2C1. The molecule has 1 aliphatic heterocycles. The number of amides is 1. The number of anilines is 1. The van der Waals surface area contributed by atoms with E-state index in [1.54, 1.807) is 0 Å². The lowest BCUT2D eigenvalue weighted by molar-refractivity contribution is -0.132. The van der Waals surface area contributed by atoms with E-state index >= 15 is 0 Å². The van der Waals surface area contributed by atoms with E-state index in [2.05, 4.69) is 44.9 Å². The summed E-state index contributed by atoms with van der Waals surface area (Å²) in [5, 5.41) is 0. The predicted molar refractivity (Wildman–Crippen MR) is 128 cm³/mol. The smallest absolute Gasteiger partial charge is 0.222 e. The van der Waals surface area contributed by atoms with Crippen molar-refractivity contribution in [2.24, 2.45) is 0 Å². The Bertz CT molecular complexity index is 850. The van der Waals surface area contributed by atoms with Gasteiger partial charge in [0.25, 0.3) is 0 Å². The number of nitrogens with zero attached hydrogens (tertiary/aromatic N) is 4. The zero-order valence-electron chi connectivity index (χ0n) is 19.7. The average molecular weight is 423 g/mol. The molecule has 0 spiro atoms. The van der Waals surface area contributed by atoms with Gasteiger partial charge in [-0.05, 0) is 20.3 Å². The van der Waals surface area contributed by atoms with Crippen molar-refractivity contribution >= 4 is 11.7 Å². The van der Waals surface area contributed by atoms with Gasteiger partial charge in [0.15, 0.2) is 5.82 Å². The lowest BCUT2D eigenvalue weighted by Crippen LogP contribution is -2.38. The van der Waals surface area contributed by atoms with E-state index < -0.39 is 0 Å². The summed E-state index contributed by atoms with van der Waals surface area (Å²) in [7, 11) is 2.08. The van der Waals surface area contributed by atoms with E-state index in [-0.39, 0.29) is 5.91 Å². The molecule has 0 bridgehead atoms. The molecule has 1 aliphatic rings. The minimum Gasteiger partial charge on any atom is -0.357 e. The van der Waals surface area contributed by atoms with Gasteiger partial charge in [-0.25, -0.2) is 9.97 Å². The minimum absolute atomic E-state index is 0.270. The molecule has 168 valence electrons.